The number of nitrogens with one attached hydrogen (secondary N) is 1. The average molecular weight is 224 g/mol. The summed E-state index contributed by atoms with van der Waals surface area (Å²) in [5, 5.41) is 11.2. The summed E-state index contributed by atoms with van der Waals surface area (Å²) in [7, 11) is 2.01. The molecular formula is C11H20N4O. The Balaban J connectivity index is 1.85. The number of nitrogens with zero attached hydrogens (tertiary/aromatic N) is 3. The smallest absolute Gasteiger partial charge is 0.317 e. The van der Waals surface area contributed by atoms with Gasteiger partial charge >= 0.3 is 6.01 Å². The zero-order valence-electron chi connectivity index (χ0n) is 10.2. The van der Waals surface area contributed by atoms with E-state index in [4.69, 9.17) is 4.42 Å². The molecule has 5 heteroatoms. The van der Waals surface area contributed by atoms with Crippen molar-refractivity contribution in [1.82, 2.24) is 15.5 Å². The minimum atomic E-state index is 0.631. The van der Waals surface area contributed by atoms with Gasteiger partial charge in [0.15, 0.2) is 0 Å². The summed E-state index contributed by atoms with van der Waals surface area (Å²) in [6.07, 6.45) is 1.32. The van der Waals surface area contributed by atoms with Gasteiger partial charge in [-0.25, -0.2) is 0 Å². The molecule has 1 aliphatic carbocycles. The van der Waals surface area contributed by atoms with Crippen LogP contribution in [0.15, 0.2) is 4.42 Å². The summed E-state index contributed by atoms with van der Waals surface area (Å²) in [6.45, 7) is 6.91. The molecule has 0 radical (unpaired) electrons. The van der Waals surface area contributed by atoms with Gasteiger partial charge in [0.2, 0.25) is 5.89 Å². The Hall–Kier alpha value is -1.10. The fraction of sp³-hybridized carbons (Fsp3) is 0.818. The summed E-state index contributed by atoms with van der Waals surface area (Å²) in [6, 6.07) is 0.631. The van der Waals surface area contributed by atoms with Crippen LogP contribution < -0.4 is 10.2 Å². The maximum absolute atomic E-state index is 5.55. The average Bonchev–Trinajstić information content (AvgIpc) is 2.81. The van der Waals surface area contributed by atoms with Gasteiger partial charge in [-0.1, -0.05) is 18.9 Å². The van der Waals surface area contributed by atoms with E-state index < -0.39 is 0 Å². The molecule has 1 aromatic rings. The van der Waals surface area contributed by atoms with E-state index in [1.807, 2.05) is 7.05 Å². The van der Waals surface area contributed by atoms with Crippen molar-refractivity contribution in [3.8, 4) is 0 Å². The number of anilines is 1. The van der Waals surface area contributed by atoms with Crippen LogP contribution in [0.3, 0.4) is 0 Å². The lowest BCUT2D eigenvalue weighted by Crippen LogP contribution is -2.20. The first-order chi connectivity index (χ1) is 7.70. The molecule has 0 saturated heterocycles. The van der Waals surface area contributed by atoms with Crippen LogP contribution >= 0.6 is 0 Å². The van der Waals surface area contributed by atoms with Gasteiger partial charge in [-0.15, -0.1) is 5.10 Å². The molecule has 1 N–H and O–H groups in total. The summed E-state index contributed by atoms with van der Waals surface area (Å²) in [5.74, 6) is 2.31. The van der Waals surface area contributed by atoms with Crippen LogP contribution in [0.25, 0.3) is 0 Å². The van der Waals surface area contributed by atoms with Crippen LogP contribution in [0.2, 0.25) is 0 Å². The van der Waals surface area contributed by atoms with Gasteiger partial charge in [-0.2, -0.15) is 0 Å². The summed E-state index contributed by atoms with van der Waals surface area (Å²) in [5.41, 5.74) is 0. The number of hydrogen-bond acceptors (Lipinski definition) is 5. The van der Waals surface area contributed by atoms with Crippen molar-refractivity contribution in [1.29, 1.82) is 0 Å². The molecule has 5 nitrogen and oxygen atoms in total. The van der Waals surface area contributed by atoms with Gasteiger partial charge in [0.05, 0.1) is 6.54 Å². The van der Waals surface area contributed by atoms with Gasteiger partial charge in [0, 0.05) is 13.6 Å². The standard InChI is InChI=1S/C11H20N4O/c1-4-12-6-10-13-14-11(16-10)15(3)7-9-5-8(9)2/h8-9,12H,4-7H2,1-3H3. The number of aromatic nitrogens is 2. The lowest BCUT2D eigenvalue weighted by molar-refractivity contribution is 0.466. The van der Waals surface area contributed by atoms with Crippen LogP contribution in [0, 0.1) is 11.8 Å². The zero-order valence-corrected chi connectivity index (χ0v) is 10.2. The Morgan fingerprint density at radius 3 is 2.88 bits per heavy atom. The fourth-order valence-electron chi connectivity index (χ4n) is 1.79. The van der Waals surface area contributed by atoms with Crippen molar-refractivity contribution in [2.24, 2.45) is 11.8 Å². The van der Waals surface area contributed by atoms with Gasteiger partial charge in [-0.05, 0) is 24.8 Å². The molecule has 0 aliphatic heterocycles. The Kier molecular flexibility index (Phi) is 3.43. The third kappa shape index (κ3) is 2.72. The third-order valence-electron chi connectivity index (χ3n) is 3.09. The first-order valence-corrected chi connectivity index (χ1v) is 5.95. The molecule has 1 aliphatic rings. The van der Waals surface area contributed by atoms with Crippen molar-refractivity contribution < 1.29 is 4.42 Å². The molecule has 0 aromatic carbocycles. The lowest BCUT2D eigenvalue weighted by atomic mass is 10.3. The van der Waals surface area contributed by atoms with Crippen molar-refractivity contribution in [3.63, 3.8) is 0 Å². The third-order valence-corrected chi connectivity index (χ3v) is 3.09. The molecule has 1 saturated carbocycles. The van der Waals surface area contributed by atoms with Crippen molar-refractivity contribution >= 4 is 6.01 Å². The topological polar surface area (TPSA) is 54.2 Å². The maximum atomic E-state index is 5.55. The molecular weight excluding hydrogens is 204 g/mol. The Bertz CT molecular complexity index is 338. The SMILES string of the molecule is CCNCc1nnc(N(C)CC2CC2C)o1. The fourth-order valence-corrected chi connectivity index (χ4v) is 1.79. The highest BCUT2D eigenvalue weighted by Gasteiger charge is 2.34. The lowest BCUT2D eigenvalue weighted by Gasteiger charge is -2.12. The van der Waals surface area contributed by atoms with Crippen LogP contribution in [-0.2, 0) is 6.54 Å². The first-order valence-electron chi connectivity index (χ1n) is 5.95. The molecule has 1 fully saturated rings. The van der Waals surface area contributed by atoms with Gasteiger partial charge in [0.1, 0.15) is 0 Å². The summed E-state index contributed by atoms with van der Waals surface area (Å²) in [4.78, 5) is 2.05. The second-order valence-corrected chi connectivity index (χ2v) is 4.61. The first kappa shape index (κ1) is 11.4. The predicted octanol–water partition coefficient (Wildman–Crippen LogP) is 1.27. The second kappa shape index (κ2) is 4.82. The monoisotopic (exact) mass is 224 g/mol. The number of rotatable bonds is 6. The predicted molar refractivity (Wildman–Crippen MR) is 62.2 cm³/mol. The van der Waals surface area contributed by atoms with E-state index in [9.17, 15) is 0 Å². The van der Waals surface area contributed by atoms with Gasteiger partial charge < -0.3 is 14.6 Å². The second-order valence-electron chi connectivity index (χ2n) is 4.61. The van der Waals surface area contributed by atoms with Crippen molar-refractivity contribution in [3.05, 3.63) is 5.89 Å². The highest BCUT2D eigenvalue weighted by Crippen LogP contribution is 2.38. The van der Waals surface area contributed by atoms with Crippen molar-refractivity contribution in [2.75, 3.05) is 25.0 Å². The minimum Gasteiger partial charge on any atom is -0.407 e. The van der Waals surface area contributed by atoms with Crippen molar-refractivity contribution in [2.45, 2.75) is 26.8 Å². The molecule has 0 spiro atoms. The van der Waals surface area contributed by atoms with E-state index in [-0.39, 0.29) is 0 Å². The maximum Gasteiger partial charge on any atom is 0.317 e. The van der Waals surface area contributed by atoms with E-state index in [0.717, 1.165) is 24.9 Å². The van der Waals surface area contributed by atoms with E-state index in [1.54, 1.807) is 0 Å². The molecule has 1 aromatic heterocycles. The molecule has 2 atom stereocenters. The number of hydrogen-bond donors (Lipinski definition) is 1. The van der Waals surface area contributed by atoms with E-state index in [1.165, 1.54) is 6.42 Å². The Labute approximate surface area is 96.2 Å². The Morgan fingerprint density at radius 1 is 1.50 bits per heavy atom. The van der Waals surface area contributed by atoms with Gasteiger partial charge in [-0.3, -0.25) is 0 Å². The van der Waals surface area contributed by atoms with Crippen LogP contribution in [0.5, 0.6) is 0 Å². The largest absolute Gasteiger partial charge is 0.407 e. The van der Waals surface area contributed by atoms with Crippen LogP contribution in [0.1, 0.15) is 26.2 Å². The molecule has 1 heterocycles. The summed E-state index contributed by atoms with van der Waals surface area (Å²) < 4.78 is 5.55. The molecule has 2 unspecified atom stereocenters. The molecule has 0 bridgehead atoms. The highest BCUT2D eigenvalue weighted by atomic mass is 16.4. The van der Waals surface area contributed by atoms with E-state index in [0.29, 0.717) is 18.5 Å². The van der Waals surface area contributed by atoms with Gasteiger partial charge in [0.25, 0.3) is 0 Å². The normalized spacial score (nSPS) is 23.4. The molecule has 2 rings (SSSR count). The Morgan fingerprint density at radius 2 is 2.25 bits per heavy atom. The molecule has 16 heavy (non-hydrogen) atoms. The van der Waals surface area contributed by atoms with E-state index >= 15 is 0 Å². The van der Waals surface area contributed by atoms with Crippen LogP contribution in [-0.4, -0.2) is 30.3 Å². The quantitative estimate of drug-likeness (QED) is 0.788. The zero-order chi connectivity index (χ0) is 11.5. The van der Waals surface area contributed by atoms with E-state index in [2.05, 4.69) is 34.3 Å². The molecule has 90 valence electrons. The molecule has 0 amide bonds. The highest BCUT2D eigenvalue weighted by molar-refractivity contribution is 5.22. The minimum absolute atomic E-state index is 0.631. The summed E-state index contributed by atoms with van der Waals surface area (Å²) >= 11 is 0. The van der Waals surface area contributed by atoms with Crippen LogP contribution in [0.4, 0.5) is 6.01 Å².